The van der Waals surface area contributed by atoms with Gasteiger partial charge in [-0.2, -0.15) is 0 Å². The molecular weight excluding hydrogens is 290 g/mol. The van der Waals surface area contributed by atoms with E-state index in [0.29, 0.717) is 17.2 Å². The number of fused-ring (bicyclic) bond motifs is 1. The highest BCUT2D eigenvalue weighted by atomic mass is 16.5. The van der Waals surface area contributed by atoms with Gasteiger partial charge in [0, 0.05) is 11.7 Å². The maximum Gasteiger partial charge on any atom is 0.203 e. The third-order valence-corrected chi connectivity index (χ3v) is 3.73. The lowest BCUT2D eigenvalue weighted by atomic mass is 10.1. The molecule has 0 aliphatic carbocycles. The number of hydrogen-bond acceptors (Lipinski definition) is 3. The minimum atomic E-state index is 0.597. The number of aromatic nitrogens is 1. The van der Waals surface area contributed by atoms with Crippen molar-refractivity contribution in [2.45, 2.75) is 0 Å². The highest BCUT2D eigenvalue weighted by Gasteiger charge is 2.11. The van der Waals surface area contributed by atoms with E-state index in [-0.39, 0.29) is 0 Å². The van der Waals surface area contributed by atoms with Crippen molar-refractivity contribution in [3.63, 3.8) is 0 Å². The Morgan fingerprint density at radius 2 is 1.48 bits per heavy atom. The lowest BCUT2D eigenvalue weighted by molar-refractivity contribution is 0.324. The van der Waals surface area contributed by atoms with E-state index >= 15 is 0 Å². The van der Waals surface area contributed by atoms with Gasteiger partial charge in [0.25, 0.3) is 0 Å². The SMILES string of the molecule is COc1cc(/C=C\c2ccc3cc[nH]c3c2)cc(OC)c1OC. The number of ether oxygens (including phenoxy) is 3. The quantitative estimate of drug-likeness (QED) is 0.712. The summed E-state index contributed by atoms with van der Waals surface area (Å²) < 4.78 is 16.1. The summed E-state index contributed by atoms with van der Waals surface area (Å²) in [5, 5.41) is 1.20. The molecule has 3 aromatic rings. The standard InChI is InChI=1S/C19H19NO3/c1-21-17-11-14(12-18(22-2)19(17)23-3)5-4-13-6-7-15-8-9-20-16(15)10-13/h4-12,20H,1-3H3/b5-4-. The summed E-state index contributed by atoms with van der Waals surface area (Å²) in [6.07, 6.45) is 6.02. The second-order valence-corrected chi connectivity index (χ2v) is 5.12. The van der Waals surface area contributed by atoms with Gasteiger partial charge in [-0.3, -0.25) is 0 Å². The molecule has 3 rings (SSSR count). The van der Waals surface area contributed by atoms with E-state index < -0.39 is 0 Å². The van der Waals surface area contributed by atoms with Gasteiger partial charge in [0.2, 0.25) is 5.75 Å². The molecule has 2 aromatic carbocycles. The van der Waals surface area contributed by atoms with Crippen LogP contribution in [0.1, 0.15) is 11.1 Å². The molecule has 0 saturated carbocycles. The van der Waals surface area contributed by atoms with Crippen LogP contribution in [0.15, 0.2) is 42.6 Å². The number of benzene rings is 2. The molecule has 0 saturated heterocycles. The first-order valence-corrected chi connectivity index (χ1v) is 7.30. The van der Waals surface area contributed by atoms with Gasteiger partial charge < -0.3 is 19.2 Å². The van der Waals surface area contributed by atoms with Gasteiger partial charge in [0.05, 0.1) is 21.3 Å². The molecule has 118 valence electrons. The molecule has 0 bridgehead atoms. The number of methoxy groups -OCH3 is 3. The number of aromatic amines is 1. The largest absolute Gasteiger partial charge is 0.493 e. The fourth-order valence-electron chi connectivity index (χ4n) is 2.56. The molecule has 0 radical (unpaired) electrons. The Bertz CT molecular complexity index is 824. The monoisotopic (exact) mass is 309 g/mol. The van der Waals surface area contributed by atoms with E-state index in [1.807, 2.05) is 24.4 Å². The minimum absolute atomic E-state index is 0.597. The van der Waals surface area contributed by atoms with E-state index in [4.69, 9.17) is 14.2 Å². The molecule has 0 fully saturated rings. The summed E-state index contributed by atoms with van der Waals surface area (Å²) in [6.45, 7) is 0. The average Bonchev–Trinajstić information content (AvgIpc) is 3.06. The Balaban J connectivity index is 1.94. The molecule has 1 N–H and O–H groups in total. The zero-order valence-corrected chi connectivity index (χ0v) is 13.4. The van der Waals surface area contributed by atoms with E-state index in [9.17, 15) is 0 Å². The topological polar surface area (TPSA) is 43.5 Å². The molecule has 0 atom stereocenters. The summed E-state index contributed by atoms with van der Waals surface area (Å²) in [7, 11) is 4.83. The van der Waals surface area contributed by atoms with Gasteiger partial charge in [-0.05, 0) is 40.8 Å². The summed E-state index contributed by atoms with van der Waals surface area (Å²) in [5.74, 6) is 1.89. The smallest absolute Gasteiger partial charge is 0.203 e. The molecule has 0 aliphatic rings. The van der Waals surface area contributed by atoms with Crippen LogP contribution >= 0.6 is 0 Å². The van der Waals surface area contributed by atoms with Crippen molar-refractivity contribution in [1.29, 1.82) is 0 Å². The van der Waals surface area contributed by atoms with E-state index in [1.165, 1.54) is 5.39 Å². The highest BCUT2D eigenvalue weighted by Crippen LogP contribution is 2.38. The van der Waals surface area contributed by atoms with Crippen molar-refractivity contribution in [2.24, 2.45) is 0 Å². The van der Waals surface area contributed by atoms with E-state index in [1.54, 1.807) is 21.3 Å². The van der Waals surface area contributed by atoms with Crippen LogP contribution in [0, 0.1) is 0 Å². The number of hydrogen-bond donors (Lipinski definition) is 1. The Hall–Kier alpha value is -2.88. The molecule has 4 nitrogen and oxygen atoms in total. The third-order valence-electron chi connectivity index (χ3n) is 3.73. The zero-order chi connectivity index (χ0) is 16.2. The van der Waals surface area contributed by atoms with Crippen molar-refractivity contribution >= 4 is 23.1 Å². The van der Waals surface area contributed by atoms with Crippen LogP contribution < -0.4 is 14.2 Å². The molecule has 0 amide bonds. The maximum atomic E-state index is 5.37. The van der Waals surface area contributed by atoms with Crippen LogP contribution in [0.4, 0.5) is 0 Å². The van der Waals surface area contributed by atoms with Crippen molar-refractivity contribution < 1.29 is 14.2 Å². The first-order valence-electron chi connectivity index (χ1n) is 7.30. The van der Waals surface area contributed by atoms with Gasteiger partial charge in [-0.15, -0.1) is 0 Å². The van der Waals surface area contributed by atoms with Crippen LogP contribution in [-0.2, 0) is 0 Å². The second kappa shape index (κ2) is 6.48. The number of nitrogens with one attached hydrogen (secondary N) is 1. The van der Waals surface area contributed by atoms with Crippen molar-refractivity contribution in [3.05, 3.63) is 53.7 Å². The summed E-state index contributed by atoms with van der Waals surface area (Å²) in [4.78, 5) is 3.22. The summed E-state index contributed by atoms with van der Waals surface area (Å²) >= 11 is 0. The highest BCUT2D eigenvalue weighted by molar-refractivity contribution is 5.83. The fourth-order valence-corrected chi connectivity index (χ4v) is 2.56. The average molecular weight is 309 g/mol. The predicted octanol–water partition coefficient (Wildman–Crippen LogP) is 4.36. The molecule has 1 aromatic heterocycles. The molecule has 23 heavy (non-hydrogen) atoms. The number of rotatable bonds is 5. The second-order valence-electron chi connectivity index (χ2n) is 5.12. The van der Waals surface area contributed by atoms with Crippen molar-refractivity contribution in [3.8, 4) is 17.2 Å². The molecular formula is C19H19NO3. The summed E-state index contributed by atoms with van der Waals surface area (Å²) in [5.41, 5.74) is 3.22. The third kappa shape index (κ3) is 3.01. The van der Waals surface area contributed by atoms with Crippen LogP contribution in [0.3, 0.4) is 0 Å². The van der Waals surface area contributed by atoms with Crippen LogP contribution in [-0.4, -0.2) is 26.3 Å². The van der Waals surface area contributed by atoms with Gasteiger partial charge in [-0.1, -0.05) is 24.3 Å². The van der Waals surface area contributed by atoms with E-state index in [0.717, 1.165) is 16.6 Å². The Morgan fingerprint density at radius 3 is 2.13 bits per heavy atom. The Labute approximate surface area is 135 Å². The van der Waals surface area contributed by atoms with Gasteiger partial charge in [0.15, 0.2) is 11.5 Å². The van der Waals surface area contributed by atoms with Crippen molar-refractivity contribution in [1.82, 2.24) is 4.98 Å². The van der Waals surface area contributed by atoms with Gasteiger partial charge in [-0.25, -0.2) is 0 Å². The minimum Gasteiger partial charge on any atom is -0.493 e. The number of H-pyrrole nitrogens is 1. The maximum absolute atomic E-state index is 5.37. The lowest BCUT2D eigenvalue weighted by Crippen LogP contribution is -1.95. The predicted molar refractivity (Wildman–Crippen MR) is 93.3 cm³/mol. The summed E-state index contributed by atoms with van der Waals surface area (Å²) in [6, 6.07) is 12.2. The van der Waals surface area contributed by atoms with Crippen LogP contribution in [0.5, 0.6) is 17.2 Å². The Kier molecular flexibility index (Phi) is 4.24. The molecule has 0 spiro atoms. The molecule has 0 unspecified atom stereocenters. The van der Waals surface area contributed by atoms with Gasteiger partial charge in [0.1, 0.15) is 0 Å². The first kappa shape index (κ1) is 15.0. The molecule has 1 heterocycles. The van der Waals surface area contributed by atoms with Crippen LogP contribution in [0.25, 0.3) is 23.1 Å². The molecule has 0 aliphatic heterocycles. The molecule has 4 heteroatoms. The zero-order valence-electron chi connectivity index (χ0n) is 13.4. The van der Waals surface area contributed by atoms with Crippen molar-refractivity contribution in [2.75, 3.05) is 21.3 Å². The first-order chi connectivity index (χ1) is 11.2. The van der Waals surface area contributed by atoms with Gasteiger partial charge >= 0.3 is 0 Å². The van der Waals surface area contributed by atoms with Crippen LogP contribution in [0.2, 0.25) is 0 Å². The fraction of sp³-hybridized carbons (Fsp3) is 0.158. The normalized spacial score (nSPS) is 11.1. The lowest BCUT2D eigenvalue weighted by Gasteiger charge is -2.12. The van der Waals surface area contributed by atoms with E-state index in [2.05, 4.69) is 35.3 Å². The Morgan fingerprint density at radius 1 is 0.783 bits per heavy atom.